The number of unbranched alkanes of at least 4 members (excludes halogenated alkanes) is 1. The molecule has 0 aromatic heterocycles. The van der Waals surface area contributed by atoms with E-state index in [0.29, 0.717) is 18.8 Å². The largest absolute Gasteiger partial charge is 0.491 e. The first-order valence-electron chi connectivity index (χ1n) is 5.30. The summed E-state index contributed by atoms with van der Waals surface area (Å²) in [6, 6.07) is 4.81. The molecule has 1 aromatic rings. The molecule has 0 bridgehead atoms. The maximum atomic E-state index is 13.4. The molecule has 0 aliphatic heterocycles. The first-order valence-corrected chi connectivity index (χ1v) is 5.30. The highest BCUT2D eigenvalue weighted by molar-refractivity contribution is 5.29. The summed E-state index contributed by atoms with van der Waals surface area (Å²) in [6.45, 7) is 2.65. The van der Waals surface area contributed by atoms with E-state index in [-0.39, 0.29) is 12.4 Å². The van der Waals surface area contributed by atoms with Crippen molar-refractivity contribution in [1.29, 1.82) is 0 Å². The molecule has 1 aromatic carbocycles. The van der Waals surface area contributed by atoms with Crippen LogP contribution in [0.25, 0.3) is 0 Å². The molecule has 15 heavy (non-hydrogen) atoms. The quantitative estimate of drug-likeness (QED) is 0.734. The first-order chi connectivity index (χ1) is 7.27. The number of ether oxygens (including phenoxy) is 1. The van der Waals surface area contributed by atoms with Gasteiger partial charge in [0.1, 0.15) is 0 Å². The summed E-state index contributed by atoms with van der Waals surface area (Å²) >= 11 is 0. The summed E-state index contributed by atoms with van der Waals surface area (Å²) in [5.41, 5.74) is 0.790. The van der Waals surface area contributed by atoms with E-state index in [1.807, 2.05) is 0 Å². The smallest absolute Gasteiger partial charge is 0.165 e. The lowest BCUT2D eigenvalue weighted by Crippen LogP contribution is -1.99. The Balaban J connectivity index is 2.58. The molecule has 0 aliphatic carbocycles. The lowest BCUT2D eigenvalue weighted by Gasteiger charge is -2.07. The summed E-state index contributed by atoms with van der Waals surface area (Å²) in [5.74, 6) is -0.0535. The van der Waals surface area contributed by atoms with Gasteiger partial charge in [-0.15, -0.1) is 0 Å². The van der Waals surface area contributed by atoms with E-state index < -0.39 is 0 Å². The average molecular weight is 212 g/mol. The van der Waals surface area contributed by atoms with Crippen molar-refractivity contribution in [1.82, 2.24) is 0 Å². The third-order valence-corrected chi connectivity index (χ3v) is 2.15. The lowest BCUT2D eigenvalue weighted by atomic mass is 10.1. The number of rotatable bonds is 6. The molecule has 0 heterocycles. The highest BCUT2D eigenvalue weighted by atomic mass is 19.1. The van der Waals surface area contributed by atoms with Crippen LogP contribution in [0.5, 0.6) is 5.75 Å². The van der Waals surface area contributed by atoms with Gasteiger partial charge in [-0.2, -0.15) is 0 Å². The Labute approximate surface area is 89.7 Å². The summed E-state index contributed by atoms with van der Waals surface area (Å²) in [4.78, 5) is 0. The third kappa shape index (κ3) is 3.88. The number of benzene rings is 1. The van der Waals surface area contributed by atoms with Crippen molar-refractivity contribution < 1.29 is 14.2 Å². The molecule has 0 spiro atoms. The zero-order valence-electron chi connectivity index (χ0n) is 9.00. The van der Waals surface area contributed by atoms with Crippen molar-refractivity contribution in [3.63, 3.8) is 0 Å². The van der Waals surface area contributed by atoms with Crippen molar-refractivity contribution in [2.75, 3.05) is 13.2 Å². The second kappa shape index (κ2) is 6.40. The molecule has 0 fully saturated rings. The van der Waals surface area contributed by atoms with Crippen LogP contribution < -0.4 is 4.74 Å². The molecule has 0 aliphatic rings. The Morgan fingerprint density at radius 2 is 2.20 bits per heavy atom. The van der Waals surface area contributed by atoms with Crippen LogP contribution in [0.1, 0.15) is 25.3 Å². The van der Waals surface area contributed by atoms with Crippen LogP contribution >= 0.6 is 0 Å². The standard InChI is InChI=1S/C12H17FO2/c1-2-3-8-15-12-5-4-10(6-7-14)9-11(12)13/h4-5,9,14H,2-3,6-8H2,1H3. The Hall–Kier alpha value is -1.09. The molecule has 0 saturated carbocycles. The minimum Gasteiger partial charge on any atom is -0.491 e. The van der Waals surface area contributed by atoms with Gasteiger partial charge in [-0.05, 0) is 30.5 Å². The fraction of sp³-hybridized carbons (Fsp3) is 0.500. The van der Waals surface area contributed by atoms with E-state index in [9.17, 15) is 4.39 Å². The van der Waals surface area contributed by atoms with Gasteiger partial charge in [-0.3, -0.25) is 0 Å². The molecular formula is C12H17FO2. The summed E-state index contributed by atoms with van der Waals surface area (Å²) < 4.78 is 18.7. The molecule has 2 nitrogen and oxygen atoms in total. The zero-order chi connectivity index (χ0) is 11.1. The monoisotopic (exact) mass is 212 g/mol. The van der Waals surface area contributed by atoms with Gasteiger partial charge < -0.3 is 9.84 Å². The van der Waals surface area contributed by atoms with Gasteiger partial charge in [0, 0.05) is 6.61 Å². The maximum absolute atomic E-state index is 13.4. The van der Waals surface area contributed by atoms with Crippen molar-refractivity contribution in [3.8, 4) is 5.75 Å². The van der Waals surface area contributed by atoms with Crippen LogP contribution in [-0.2, 0) is 6.42 Å². The van der Waals surface area contributed by atoms with Crippen molar-refractivity contribution in [2.24, 2.45) is 0 Å². The molecule has 1 N–H and O–H groups in total. The van der Waals surface area contributed by atoms with Gasteiger partial charge in [0.05, 0.1) is 6.61 Å². The van der Waals surface area contributed by atoms with E-state index in [2.05, 4.69) is 6.92 Å². The fourth-order valence-corrected chi connectivity index (χ4v) is 1.27. The fourth-order valence-electron chi connectivity index (χ4n) is 1.27. The van der Waals surface area contributed by atoms with Crippen molar-refractivity contribution in [3.05, 3.63) is 29.6 Å². The van der Waals surface area contributed by atoms with E-state index in [1.165, 1.54) is 6.07 Å². The highest BCUT2D eigenvalue weighted by Crippen LogP contribution is 2.18. The Morgan fingerprint density at radius 3 is 2.80 bits per heavy atom. The number of aliphatic hydroxyl groups is 1. The topological polar surface area (TPSA) is 29.5 Å². The van der Waals surface area contributed by atoms with Crippen LogP contribution in [0, 0.1) is 5.82 Å². The zero-order valence-corrected chi connectivity index (χ0v) is 9.00. The Bertz CT molecular complexity index is 300. The van der Waals surface area contributed by atoms with Crippen LogP contribution in [0.15, 0.2) is 18.2 Å². The lowest BCUT2D eigenvalue weighted by molar-refractivity contribution is 0.291. The van der Waals surface area contributed by atoms with E-state index >= 15 is 0 Å². The normalized spacial score (nSPS) is 10.3. The molecule has 0 radical (unpaired) electrons. The Kier molecular flexibility index (Phi) is 5.12. The van der Waals surface area contributed by atoms with E-state index in [0.717, 1.165) is 18.4 Å². The van der Waals surface area contributed by atoms with Gasteiger partial charge in [0.2, 0.25) is 0 Å². The number of hydrogen-bond donors (Lipinski definition) is 1. The van der Waals surface area contributed by atoms with Gasteiger partial charge in [0.15, 0.2) is 11.6 Å². The minimum absolute atomic E-state index is 0.0372. The summed E-state index contributed by atoms with van der Waals surface area (Å²) in [5, 5.41) is 8.70. The van der Waals surface area contributed by atoms with Crippen LogP contribution in [0.2, 0.25) is 0 Å². The second-order valence-corrected chi connectivity index (χ2v) is 3.44. The van der Waals surface area contributed by atoms with Gasteiger partial charge >= 0.3 is 0 Å². The predicted molar refractivity (Wildman–Crippen MR) is 57.6 cm³/mol. The molecule has 0 unspecified atom stereocenters. The van der Waals surface area contributed by atoms with Crippen molar-refractivity contribution >= 4 is 0 Å². The maximum Gasteiger partial charge on any atom is 0.165 e. The molecule has 1 rings (SSSR count). The second-order valence-electron chi connectivity index (χ2n) is 3.44. The first kappa shape index (κ1) is 12.0. The molecule has 0 atom stereocenters. The van der Waals surface area contributed by atoms with Gasteiger partial charge in [-0.1, -0.05) is 19.4 Å². The predicted octanol–water partition coefficient (Wildman–Crippen LogP) is 2.54. The molecular weight excluding hydrogens is 195 g/mol. The molecule has 0 saturated heterocycles. The third-order valence-electron chi connectivity index (χ3n) is 2.15. The number of aliphatic hydroxyl groups excluding tert-OH is 1. The highest BCUT2D eigenvalue weighted by Gasteiger charge is 2.04. The van der Waals surface area contributed by atoms with Gasteiger partial charge in [0.25, 0.3) is 0 Å². The molecule has 84 valence electrons. The Morgan fingerprint density at radius 1 is 1.40 bits per heavy atom. The SMILES string of the molecule is CCCCOc1ccc(CCO)cc1F. The van der Waals surface area contributed by atoms with Crippen molar-refractivity contribution in [2.45, 2.75) is 26.2 Å². The van der Waals surface area contributed by atoms with E-state index in [1.54, 1.807) is 12.1 Å². The van der Waals surface area contributed by atoms with Crippen LogP contribution in [0.3, 0.4) is 0 Å². The number of hydrogen-bond acceptors (Lipinski definition) is 2. The molecule has 0 amide bonds. The summed E-state index contributed by atoms with van der Waals surface area (Å²) in [6.07, 6.45) is 2.44. The van der Waals surface area contributed by atoms with E-state index in [4.69, 9.17) is 9.84 Å². The van der Waals surface area contributed by atoms with Crippen LogP contribution in [-0.4, -0.2) is 18.3 Å². The average Bonchev–Trinajstić information content (AvgIpc) is 2.22. The van der Waals surface area contributed by atoms with Crippen LogP contribution in [0.4, 0.5) is 4.39 Å². The minimum atomic E-state index is -0.350. The summed E-state index contributed by atoms with van der Waals surface area (Å²) in [7, 11) is 0. The molecule has 3 heteroatoms. The number of halogens is 1. The van der Waals surface area contributed by atoms with Gasteiger partial charge in [-0.25, -0.2) is 4.39 Å².